The van der Waals surface area contributed by atoms with Gasteiger partial charge >= 0.3 is 0 Å². The number of imidazole rings is 1. The summed E-state index contributed by atoms with van der Waals surface area (Å²) in [7, 11) is 1.98. The lowest BCUT2D eigenvalue weighted by Gasteiger charge is -2.06. The van der Waals surface area contributed by atoms with E-state index in [4.69, 9.17) is 5.73 Å². The van der Waals surface area contributed by atoms with Crippen molar-refractivity contribution >= 4 is 15.9 Å². The number of benzene rings is 1. The Bertz CT molecular complexity index is 476. The van der Waals surface area contributed by atoms with Gasteiger partial charge in [-0.2, -0.15) is 0 Å². The number of aryl methyl sites for hydroxylation is 1. The minimum absolute atomic E-state index is 0.534. The van der Waals surface area contributed by atoms with Crippen LogP contribution in [0.3, 0.4) is 0 Å². The van der Waals surface area contributed by atoms with Crippen molar-refractivity contribution < 1.29 is 0 Å². The zero-order valence-electron chi connectivity index (χ0n) is 8.44. The Morgan fingerprint density at radius 2 is 2.27 bits per heavy atom. The first-order valence-electron chi connectivity index (χ1n) is 4.67. The van der Waals surface area contributed by atoms with E-state index in [0.29, 0.717) is 6.54 Å². The first-order valence-corrected chi connectivity index (χ1v) is 5.47. The predicted octanol–water partition coefficient (Wildman–Crippen LogP) is 2.31. The molecule has 0 aliphatic rings. The van der Waals surface area contributed by atoms with Crippen molar-refractivity contribution in [3.8, 4) is 11.3 Å². The fourth-order valence-electron chi connectivity index (χ4n) is 1.53. The van der Waals surface area contributed by atoms with Crippen LogP contribution in [0.4, 0.5) is 0 Å². The molecule has 2 aromatic rings. The average Bonchev–Trinajstić information content (AvgIpc) is 2.65. The smallest absolute Gasteiger partial charge is 0.0948 e. The molecule has 78 valence electrons. The van der Waals surface area contributed by atoms with E-state index < -0.39 is 0 Å². The van der Waals surface area contributed by atoms with Gasteiger partial charge in [0, 0.05) is 23.6 Å². The Morgan fingerprint density at radius 1 is 1.47 bits per heavy atom. The van der Waals surface area contributed by atoms with Crippen LogP contribution in [0.5, 0.6) is 0 Å². The van der Waals surface area contributed by atoms with Crippen LogP contribution in [0.15, 0.2) is 35.2 Å². The van der Waals surface area contributed by atoms with Crippen LogP contribution in [0.1, 0.15) is 5.56 Å². The first-order chi connectivity index (χ1) is 7.22. The van der Waals surface area contributed by atoms with Crippen LogP contribution in [-0.2, 0) is 13.6 Å². The number of nitrogens with zero attached hydrogens (tertiary/aromatic N) is 2. The summed E-state index contributed by atoms with van der Waals surface area (Å²) in [5, 5.41) is 0. The van der Waals surface area contributed by atoms with Gasteiger partial charge in [0.1, 0.15) is 0 Å². The molecule has 3 nitrogen and oxygen atoms in total. The molecule has 0 atom stereocenters. The molecule has 1 aromatic carbocycles. The molecule has 4 heteroatoms. The third-order valence-electron chi connectivity index (χ3n) is 2.38. The SMILES string of the molecule is Cn1cncc1-c1ccc(Br)c(CN)c1. The van der Waals surface area contributed by atoms with E-state index in [9.17, 15) is 0 Å². The molecule has 15 heavy (non-hydrogen) atoms. The maximum atomic E-state index is 5.66. The highest BCUT2D eigenvalue weighted by atomic mass is 79.9. The molecule has 0 spiro atoms. The maximum Gasteiger partial charge on any atom is 0.0948 e. The van der Waals surface area contributed by atoms with E-state index in [0.717, 1.165) is 21.3 Å². The maximum absolute atomic E-state index is 5.66. The van der Waals surface area contributed by atoms with Gasteiger partial charge in [0.15, 0.2) is 0 Å². The van der Waals surface area contributed by atoms with Crippen molar-refractivity contribution in [2.75, 3.05) is 0 Å². The van der Waals surface area contributed by atoms with Gasteiger partial charge < -0.3 is 10.3 Å². The Kier molecular flexibility index (Phi) is 2.88. The molecule has 0 fully saturated rings. The van der Waals surface area contributed by atoms with Crippen LogP contribution in [0.25, 0.3) is 11.3 Å². The fourth-order valence-corrected chi connectivity index (χ4v) is 1.93. The number of hydrogen-bond donors (Lipinski definition) is 1. The molecule has 0 aliphatic heterocycles. The van der Waals surface area contributed by atoms with Gasteiger partial charge in [-0.3, -0.25) is 0 Å². The van der Waals surface area contributed by atoms with E-state index in [1.807, 2.05) is 23.9 Å². The third kappa shape index (κ3) is 1.96. The summed E-state index contributed by atoms with van der Waals surface area (Å²) in [6.07, 6.45) is 3.64. The van der Waals surface area contributed by atoms with E-state index in [1.54, 1.807) is 6.33 Å². The molecular formula is C11H12BrN3. The Hall–Kier alpha value is -1.13. The molecule has 0 saturated carbocycles. The molecule has 0 unspecified atom stereocenters. The van der Waals surface area contributed by atoms with Crippen molar-refractivity contribution in [2.24, 2.45) is 12.8 Å². The van der Waals surface area contributed by atoms with E-state index in [1.165, 1.54) is 0 Å². The molecule has 0 amide bonds. The lowest BCUT2D eigenvalue weighted by molar-refractivity contribution is 0.920. The van der Waals surface area contributed by atoms with E-state index in [2.05, 4.69) is 33.0 Å². The lowest BCUT2D eigenvalue weighted by Crippen LogP contribution is -1.98. The Balaban J connectivity index is 2.51. The van der Waals surface area contributed by atoms with Crippen LogP contribution in [-0.4, -0.2) is 9.55 Å². The van der Waals surface area contributed by atoms with Crippen LogP contribution >= 0.6 is 15.9 Å². The highest BCUT2D eigenvalue weighted by Gasteiger charge is 2.05. The highest BCUT2D eigenvalue weighted by Crippen LogP contribution is 2.24. The molecule has 1 heterocycles. The number of rotatable bonds is 2. The third-order valence-corrected chi connectivity index (χ3v) is 3.15. The topological polar surface area (TPSA) is 43.8 Å². The summed E-state index contributed by atoms with van der Waals surface area (Å²) in [5.74, 6) is 0. The van der Waals surface area contributed by atoms with Crippen molar-refractivity contribution in [1.29, 1.82) is 0 Å². The second-order valence-electron chi connectivity index (χ2n) is 3.40. The number of halogens is 1. The molecular weight excluding hydrogens is 254 g/mol. The monoisotopic (exact) mass is 265 g/mol. The predicted molar refractivity (Wildman–Crippen MR) is 64.2 cm³/mol. The van der Waals surface area contributed by atoms with Crippen LogP contribution in [0.2, 0.25) is 0 Å². The summed E-state index contributed by atoms with van der Waals surface area (Å²) in [5.41, 5.74) is 9.00. The number of aromatic nitrogens is 2. The number of nitrogens with two attached hydrogens (primary N) is 1. The quantitative estimate of drug-likeness (QED) is 0.906. The van der Waals surface area contributed by atoms with Gasteiger partial charge in [-0.15, -0.1) is 0 Å². The van der Waals surface area contributed by atoms with Crippen molar-refractivity contribution in [1.82, 2.24) is 9.55 Å². The molecule has 2 rings (SSSR count). The summed E-state index contributed by atoms with van der Waals surface area (Å²) in [6, 6.07) is 6.16. The van der Waals surface area contributed by atoms with Crippen molar-refractivity contribution in [3.63, 3.8) is 0 Å². The van der Waals surface area contributed by atoms with E-state index >= 15 is 0 Å². The largest absolute Gasteiger partial charge is 0.334 e. The Morgan fingerprint density at radius 3 is 2.87 bits per heavy atom. The zero-order valence-corrected chi connectivity index (χ0v) is 10.0. The van der Waals surface area contributed by atoms with E-state index in [-0.39, 0.29) is 0 Å². The summed E-state index contributed by atoms with van der Waals surface area (Å²) < 4.78 is 3.04. The Labute approximate surface area is 97.1 Å². The lowest BCUT2D eigenvalue weighted by atomic mass is 10.1. The summed E-state index contributed by atoms with van der Waals surface area (Å²) in [4.78, 5) is 4.10. The fraction of sp³-hybridized carbons (Fsp3) is 0.182. The molecule has 0 saturated heterocycles. The molecule has 2 N–H and O–H groups in total. The molecule has 1 aromatic heterocycles. The van der Waals surface area contributed by atoms with Crippen molar-refractivity contribution in [2.45, 2.75) is 6.54 Å². The summed E-state index contributed by atoms with van der Waals surface area (Å²) >= 11 is 3.47. The first kappa shape index (κ1) is 10.4. The number of hydrogen-bond acceptors (Lipinski definition) is 2. The molecule has 0 radical (unpaired) electrons. The van der Waals surface area contributed by atoms with Crippen LogP contribution in [0, 0.1) is 0 Å². The minimum atomic E-state index is 0.534. The minimum Gasteiger partial charge on any atom is -0.334 e. The normalized spacial score (nSPS) is 10.6. The molecule has 0 bridgehead atoms. The zero-order chi connectivity index (χ0) is 10.8. The average molecular weight is 266 g/mol. The summed E-state index contributed by atoms with van der Waals surface area (Å²) in [6.45, 7) is 0.534. The highest BCUT2D eigenvalue weighted by molar-refractivity contribution is 9.10. The standard InChI is InChI=1S/C11H12BrN3/c1-15-7-14-6-11(15)8-2-3-10(12)9(4-8)5-13/h2-4,6-7H,5,13H2,1H3. The second-order valence-corrected chi connectivity index (χ2v) is 4.25. The molecule has 0 aliphatic carbocycles. The second kappa shape index (κ2) is 4.16. The van der Waals surface area contributed by atoms with Gasteiger partial charge in [0.2, 0.25) is 0 Å². The van der Waals surface area contributed by atoms with Gasteiger partial charge in [0.05, 0.1) is 18.2 Å². The van der Waals surface area contributed by atoms with Crippen LogP contribution < -0.4 is 5.73 Å². The van der Waals surface area contributed by atoms with Gasteiger partial charge in [-0.1, -0.05) is 22.0 Å². The van der Waals surface area contributed by atoms with Crippen molar-refractivity contribution in [3.05, 3.63) is 40.8 Å². The van der Waals surface area contributed by atoms with Gasteiger partial charge in [-0.25, -0.2) is 4.98 Å². The van der Waals surface area contributed by atoms with Gasteiger partial charge in [0.25, 0.3) is 0 Å². The van der Waals surface area contributed by atoms with Gasteiger partial charge in [-0.05, 0) is 17.7 Å².